The summed E-state index contributed by atoms with van der Waals surface area (Å²) in [7, 11) is 0. The molecule has 1 N–H and O–H groups in total. The van der Waals surface area contributed by atoms with Crippen molar-refractivity contribution in [3.05, 3.63) is 135 Å². The van der Waals surface area contributed by atoms with Gasteiger partial charge in [-0.2, -0.15) is 0 Å². The summed E-state index contributed by atoms with van der Waals surface area (Å²) < 4.78 is 2.12. The van der Waals surface area contributed by atoms with Gasteiger partial charge < -0.3 is 9.77 Å². The van der Waals surface area contributed by atoms with E-state index >= 15 is 0 Å². The number of halogens is 1. The lowest BCUT2D eigenvalue weighted by Crippen LogP contribution is -2.37. The molecule has 0 fully saturated rings. The van der Waals surface area contributed by atoms with Gasteiger partial charge in [-0.05, 0) is 17.2 Å². The highest BCUT2D eigenvalue weighted by atomic mass is 35.5. The van der Waals surface area contributed by atoms with Crippen LogP contribution in [0.25, 0.3) is 0 Å². The lowest BCUT2D eigenvalue weighted by Gasteiger charge is -2.37. The van der Waals surface area contributed by atoms with Crippen molar-refractivity contribution >= 4 is 11.6 Å². The molecule has 0 aliphatic carbocycles. The van der Waals surface area contributed by atoms with Gasteiger partial charge in [-0.1, -0.05) is 90.5 Å². The molecule has 4 rings (SSSR count). The maximum atomic E-state index is 8.36. The Bertz CT molecular complexity index is 1010. The standard InChI is InChI=1S/C22H17ClN2.HNO3/c23-21-14-8-7-13-20(21)22(25-16-15-24-17-25,18-9-3-1-4-10-18)19-11-5-2-6-12-19;2-1(3)4/h1-17H;(H,2,3,4). The first-order valence-corrected chi connectivity index (χ1v) is 9.12. The molecule has 0 aliphatic rings. The lowest BCUT2D eigenvalue weighted by molar-refractivity contribution is -0.742. The predicted octanol–water partition coefficient (Wildman–Crippen LogP) is 5.03. The minimum Gasteiger partial charge on any atom is -0.328 e. The van der Waals surface area contributed by atoms with Crippen LogP contribution in [-0.2, 0) is 5.54 Å². The van der Waals surface area contributed by atoms with Crippen LogP contribution in [0.2, 0.25) is 5.02 Å². The summed E-state index contributed by atoms with van der Waals surface area (Å²) in [5.74, 6) is 0. The molecule has 0 saturated carbocycles. The molecular weight excluding hydrogens is 390 g/mol. The maximum absolute atomic E-state index is 8.36. The molecule has 0 unspecified atom stereocenters. The minimum absolute atomic E-state index is 0.586. The van der Waals surface area contributed by atoms with Crippen molar-refractivity contribution in [1.29, 1.82) is 0 Å². The quantitative estimate of drug-likeness (QED) is 0.292. The molecule has 0 atom stereocenters. The second-order valence-corrected chi connectivity index (χ2v) is 6.54. The SMILES string of the molecule is Clc1ccccc1C(c1ccccc1)(c1ccccc1)n1ccnc1.O=[N+]([O-])O. The molecule has 146 valence electrons. The Hall–Kier alpha value is -3.64. The number of benzene rings is 3. The normalized spacial score (nSPS) is 10.7. The van der Waals surface area contributed by atoms with E-state index in [1.54, 1.807) is 6.20 Å². The van der Waals surface area contributed by atoms with Gasteiger partial charge in [-0.3, -0.25) is 0 Å². The largest absolute Gasteiger partial charge is 0.328 e. The Labute approximate surface area is 172 Å². The maximum Gasteiger partial charge on any atom is 0.291 e. The first kappa shape index (κ1) is 20.1. The minimum atomic E-state index is -1.50. The fourth-order valence-electron chi connectivity index (χ4n) is 3.49. The second kappa shape index (κ2) is 9.03. The Morgan fingerprint density at radius 2 is 1.38 bits per heavy atom. The molecule has 4 aromatic rings. The van der Waals surface area contributed by atoms with Crippen molar-refractivity contribution in [1.82, 2.24) is 9.55 Å². The van der Waals surface area contributed by atoms with Gasteiger partial charge in [0, 0.05) is 23.0 Å². The molecule has 3 aromatic carbocycles. The number of aromatic nitrogens is 2. The van der Waals surface area contributed by atoms with Crippen molar-refractivity contribution < 1.29 is 10.3 Å². The average Bonchev–Trinajstić information content (AvgIpc) is 3.26. The summed E-state index contributed by atoms with van der Waals surface area (Å²) >= 11 is 6.69. The summed E-state index contributed by atoms with van der Waals surface area (Å²) in [6, 6.07) is 28.8. The number of hydrogen-bond acceptors (Lipinski definition) is 3. The highest BCUT2D eigenvalue weighted by Crippen LogP contribution is 2.43. The third kappa shape index (κ3) is 4.12. The van der Waals surface area contributed by atoms with E-state index in [-0.39, 0.29) is 0 Å². The molecule has 0 saturated heterocycles. The molecule has 0 bridgehead atoms. The molecule has 7 heteroatoms. The van der Waals surface area contributed by atoms with Gasteiger partial charge in [-0.15, -0.1) is 10.1 Å². The van der Waals surface area contributed by atoms with Crippen LogP contribution in [0.15, 0.2) is 104 Å². The van der Waals surface area contributed by atoms with E-state index in [2.05, 4.69) is 64.1 Å². The van der Waals surface area contributed by atoms with Crippen molar-refractivity contribution in [2.24, 2.45) is 0 Å². The van der Waals surface area contributed by atoms with Crippen LogP contribution in [0.1, 0.15) is 16.7 Å². The van der Waals surface area contributed by atoms with Crippen LogP contribution < -0.4 is 0 Å². The van der Waals surface area contributed by atoms with Crippen LogP contribution in [0, 0.1) is 10.1 Å². The van der Waals surface area contributed by atoms with E-state index in [1.165, 1.54) is 0 Å². The second-order valence-electron chi connectivity index (χ2n) is 6.13. The zero-order valence-corrected chi connectivity index (χ0v) is 16.1. The van der Waals surface area contributed by atoms with Gasteiger partial charge in [0.2, 0.25) is 0 Å². The summed E-state index contributed by atoms with van der Waals surface area (Å²) in [4.78, 5) is 12.7. The number of hydrogen-bond donors (Lipinski definition) is 1. The monoisotopic (exact) mass is 407 g/mol. The highest BCUT2D eigenvalue weighted by Gasteiger charge is 2.39. The van der Waals surface area contributed by atoms with Crippen LogP contribution in [0.3, 0.4) is 0 Å². The molecule has 0 amide bonds. The van der Waals surface area contributed by atoms with Gasteiger partial charge >= 0.3 is 0 Å². The number of imidazole rings is 1. The van der Waals surface area contributed by atoms with Crippen LogP contribution >= 0.6 is 11.6 Å². The fraction of sp³-hybridized carbons (Fsp3) is 0.0455. The number of nitrogens with zero attached hydrogens (tertiary/aromatic N) is 3. The van der Waals surface area contributed by atoms with E-state index < -0.39 is 10.6 Å². The third-order valence-electron chi connectivity index (χ3n) is 4.54. The summed E-state index contributed by atoms with van der Waals surface area (Å²) in [6.07, 6.45) is 5.64. The Kier molecular flexibility index (Phi) is 6.26. The van der Waals surface area contributed by atoms with Crippen molar-refractivity contribution in [3.63, 3.8) is 0 Å². The van der Waals surface area contributed by atoms with E-state index in [1.807, 2.05) is 42.9 Å². The van der Waals surface area contributed by atoms with E-state index in [9.17, 15) is 0 Å². The fourth-order valence-corrected chi connectivity index (χ4v) is 3.76. The Morgan fingerprint density at radius 3 is 1.83 bits per heavy atom. The number of rotatable bonds is 4. The van der Waals surface area contributed by atoms with Gasteiger partial charge in [0.15, 0.2) is 0 Å². The van der Waals surface area contributed by atoms with Crippen molar-refractivity contribution in [2.45, 2.75) is 5.54 Å². The zero-order chi connectivity index (χ0) is 20.7. The average molecular weight is 408 g/mol. The zero-order valence-electron chi connectivity index (χ0n) is 15.3. The van der Waals surface area contributed by atoms with E-state index in [0.717, 1.165) is 21.7 Å². The smallest absolute Gasteiger partial charge is 0.291 e. The first-order chi connectivity index (χ1) is 14.1. The molecule has 6 nitrogen and oxygen atoms in total. The van der Waals surface area contributed by atoms with E-state index in [0.29, 0.717) is 0 Å². The molecule has 0 aliphatic heterocycles. The van der Waals surface area contributed by atoms with Crippen LogP contribution in [-0.4, -0.2) is 19.8 Å². The van der Waals surface area contributed by atoms with Crippen molar-refractivity contribution in [2.75, 3.05) is 0 Å². The molecule has 29 heavy (non-hydrogen) atoms. The molecule has 1 aromatic heterocycles. The van der Waals surface area contributed by atoms with Gasteiger partial charge in [0.25, 0.3) is 5.09 Å². The van der Waals surface area contributed by atoms with Gasteiger partial charge in [0.05, 0.1) is 6.33 Å². The summed E-state index contributed by atoms with van der Waals surface area (Å²) in [5, 5.41) is 14.4. The molecule has 1 heterocycles. The van der Waals surface area contributed by atoms with Gasteiger partial charge in [-0.25, -0.2) is 4.98 Å². The van der Waals surface area contributed by atoms with Crippen LogP contribution in [0.5, 0.6) is 0 Å². The first-order valence-electron chi connectivity index (χ1n) is 8.74. The van der Waals surface area contributed by atoms with Crippen LogP contribution in [0.4, 0.5) is 0 Å². The summed E-state index contributed by atoms with van der Waals surface area (Å²) in [5.41, 5.74) is 2.70. The Balaban J connectivity index is 0.000000552. The molecule has 0 spiro atoms. The molecular formula is C22H18ClN3O3. The Morgan fingerprint density at radius 1 is 0.897 bits per heavy atom. The van der Waals surface area contributed by atoms with Crippen molar-refractivity contribution in [3.8, 4) is 0 Å². The molecule has 0 radical (unpaired) electrons. The topological polar surface area (TPSA) is 81.2 Å². The lowest BCUT2D eigenvalue weighted by atomic mass is 9.76. The predicted molar refractivity (Wildman–Crippen MR) is 111 cm³/mol. The summed E-state index contributed by atoms with van der Waals surface area (Å²) in [6.45, 7) is 0. The van der Waals surface area contributed by atoms with E-state index in [4.69, 9.17) is 26.9 Å². The highest BCUT2D eigenvalue weighted by molar-refractivity contribution is 6.31. The van der Waals surface area contributed by atoms with Gasteiger partial charge in [0.1, 0.15) is 5.54 Å². The third-order valence-corrected chi connectivity index (χ3v) is 4.87.